The second kappa shape index (κ2) is 6.66. The Bertz CT molecular complexity index is 877. The van der Waals surface area contributed by atoms with Crippen molar-refractivity contribution in [2.24, 2.45) is 0 Å². The van der Waals surface area contributed by atoms with Gasteiger partial charge in [0, 0.05) is 17.4 Å². The van der Waals surface area contributed by atoms with Crippen molar-refractivity contribution in [3.05, 3.63) is 71.3 Å². The first-order valence-electron chi connectivity index (χ1n) is 7.72. The number of hydrogen-bond acceptors (Lipinski definition) is 4. The van der Waals surface area contributed by atoms with Crippen molar-refractivity contribution in [1.29, 1.82) is 0 Å². The van der Waals surface area contributed by atoms with E-state index < -0.39 is 0 Å². The van der Waals surface area contributed by atoms with Crippen molar-refractivity contribution in [3.8, 4) is 0 Å². The Hall–Kier alpha value is -2.95. The highest BCUT2D eigenvalue weighted by Crippen LogP contribution is 2.23. The predicted octanol–water partition coefficient (Wildman–Crippen LogP) is 5.03. The lowest BCUT2D eigenvalue weighted by Crippen LogP contribution is -2.02. The maximum absolute atomic E-state index is 13.3. The summed E-state index contributed by atoms with van der Waals surface area (Å²) < 4.78 is 13.3. The van der Waals surface area contributed by atoms with Gasteiger partial charge in [-0.25, -0.2) is 14.4 Å². The van der Waals surface area contributed by atoms with Gasteiger partial charge in [-0.05, 0) is 50.6 Å². The molecule has 1 aromatic heterocycles. The minimum Gasteiger partial charge on any atom is -0.340 e. The molecule has 4 nitrogen and oxygen atoms in total. The number of halogens is 1. The first-order valence-corrected chi connectivity index (χ1v) is 7.72. The van der Waals surface area contributed by atoms with Crippen LogP contribution >= 0.6 is 0 Å². The summed E-state index contributed by atoms with van der Waals surface area (Å²) in [7, 11) is 0. The molecule has 0 bridgehead atoms. The van der Waals surface area contributed by atoms with E-state index in [9.17, 15) is 4.39 Å². The summed E-state index contributed by atoms with van der Waals surface area (Å²) in [6, 6.07) is 14.3. The Morgan fingerprint density at radius 1 is 0.833 bits per heavy atom. The van der Waals surface area contributed by atoms with Gasteiger partial charge in [0.2, 0.25) is 0 Å². The van der Waals surface area contributed by atoms with Crippen LogP contribution in [0.3, 0.4) is 0 Å². The third kappa shape index (κ3) is 3.87. The molecule has 0 saturated heterocycles. The van der Waals surface area contributed by atoms with Crippen molar-refractivity contribution < 1.29 is 4.39 Å². The first kappa shape index (κ1) is 15.9. The molecule has 0 aliphatic rings. The van der Waals surface area contributed by atoms with Crippen molar-refractivity contribution in [1.82, 2.24) is 9.97 Å². The molecule has 0 spiro atoms. The van der Waals surface area contributed by atoms with Gasteiger partial charge in [-0.2, -0.15) is 0 Å². The van der Waals surface area contributed by atoms with Gasteiger partial charge in [0.25, 0.3) is 0 Å². The van der Waals surface area contributed by atoms with Gasteiger partial charge in [-0.3, -0.25) is 0 Å². The third-order valence-electron chi connectivity index (χ3n) is 3.58. The highest BCUT2D eigenvalue weighted by Gasteiger charge is 2.05. The summed E-state index contributed by atoms with van der Waals surface area (Å²) in [6.45, 7) is 5.94. The van der Waals surface area contributed by atoms with Crippen molar-refractivity contribution >= 4 is 23.0 Å². The van der Waals surface area contributed by atoms with E-state index >= 15 is 0 Å². The number of benzene rings is 2. The minimum absolute atomic E-state index is 0.292. The van der Waals surface area contributed by atoms with Crippen LogP contribution in [0.1, 0.15) is 17.0 Å². The zero-order chi connectivity index (χ0) is 17.1. The van der Waals surface area contributed by atoms with Gasteiger partial charge in [-0.1, -0.05) is 23.8 Å². The molecule has 5 heteroatoms. The molecule has 0 amide bonds. The lowest BCUT2D eigenvalue weighted by atomic mass is 10.1. The summed E-state index contributed by atoms with van der Waals surface area (Å²) in [6.07, 6.45) is 0. The van der Waals surface area contributed by atoms with E-state index in [0.29, 0.717) is 23.1 Å². The molecule has 0 unspecified atom stereocenters. The fraction of sp³-hybridized carbons (Fsp3) is 0.158. The molecule has 24 heavy (non-hydrogen) atoms. The van der Waals surface area contributed by atoms with Crippen LogP contribution in [0.2, 0.25) is 0 Å². The van der Waals surface area contributed by atoms with Crippen molar-refractivity contribution in [2.75, 3.05) is 10.6 Å². The molecule has 3 aromatic rings. The summed E-state index contributed by atoms with van der Waals surface area (Å²) in [5.74, 6) is 1.64. The standard InChI is InChI=1S/C19H19FN4/c1-12-7-8-17(13(2)9-12)24-19-11-18(21-14(3)22-19)23-16-6-4-5-15(20)10-16/h4-11H,1-3H3,(H2,21,22,23,24). The molecule has 2 aromatic carbocycles. The number of nitrogens with zero attached hydrogens (tertiary/aromatic N) is 2. The molecule has 1 heterocycles. The number of aryl methyl sites for hydroxylation is 3. The Labute approximate surface area is 140 Å². The lowest BCUT2D eigenvalue weighted by Gasteiger charge is -2.12. The average Bonchev–Trinajstić information content (AvgIpc) is 2.49. The molecule has 0 atom stereocenters. The van der Waals surface area contributed by atoms with Crippen LogP contribution in [0.25, 0.3) is 0 Å². The van der Waals surface area contributed by atoms with Gasteiger partial charge in [-0.15, -0.1) is 0 Å². The molecule has 0 saturated carbocycles. The van der Waals surface area contributed by atoms with E-state index in [4.69, 9.17) is 0 Å². The van der Waals surface area contributed by atoms with E-state index in [-0.39, 0.29) is 5.82 Å². The second-order valence-electron chi connectivity index (χ2n) is 5.76. The van der Waals surface area contributed by atoms with Gasteiger partial charge in [0.15, 0.2) is 0 Å². The van der Waals surface area contributed by atoms with Crippen molar-refractivity contribution in [3.63, 3.8) is 0 Å². The summed E-state index contributed by atoms with van der Waals surface area (Å²) in [5, 5.41) is 6.42. The Morgan fingerprint density at radius 3 is 2.29 bits per heavy atom. The largest absolute Gasteiger partial charge is 0.340 e. The van der Waals surface area contributed by atoms with Crippen LogP contribution in [0.4, 0.5) is 27.4 Å². The lowest BCUT2D eigenvalue weighted by molar-refractivity contribution is 0.628. The van der Waals surface area contributed by atoms with Gasteiger partial charge in [0.1, 0.15) is 23.3 Å². The van der Waals surface area contributed by atoms with Crippen LogP contribution in [0.15, 0.2) is 48.5 Å². The molecule has 0 radical (unpaired) electrons. The number of anilines is 4. The van der Waals surface area contributed by atoms with Gasteiger partial charge in [0.05, 0.1) is 0 Å². The zero-order valence-electron chi connectivity index (χ0n) is 13.9. The topological polar surface area (TPSA) is 49.8 Å². The minimum atomic E-state index is -0.292. The van der Waals surface area contributed by atoms with E-state index in [1.807, 2.05) is 13.0 Å². The summed E-state index contributed by atoms with van der Waals surface area (Å²) >= 11 is 0. The highest BCUT2D eigenvalue weighted by atomic mass is 19.1. The molecule has 0 aliphatic carbocycles. The number of hydrogen-bond donors (Lipinski definition) is 2. The molecule has 122 valence electrons. The van der Waals surface area contributed by atoms with E-state index in [1.165, 1.54) is 17.7 Å². The maximum atomic E-state index is 13.3. The van der Waals surface area contributed by atoms with Crippen LogP contribution in [-0.4, -0.2) is 9.97 Å². The smallest absolute Gasteiger partial charge is 0.136 e. The van der Waals surface area contributed by atoms with Gasteiger partial charge >= 0.3 is 0 Å². The fourth-order valence-corrected chi connectivity index (χ4v) is 2.50. The fourth-order valence-electron chi connectivity index (χ4n) is 2.50. The second-order valence-corrected chi connectivity index (χ2v) is 5.76. The monoisotopic (exact) mass is 322 g/mol. The number of rotatable bonds is 4. The predicted molar refractivity (Wildman–Crippen MR) is 95.7 cm³/mol. The van der Waals surface area contributed by atoms with E-state index in [0.717, 1.165) is 11.3 Å². The molecular formula is C19H19FN4. The molecule has 2 N–H and O–H groups in total. The average molecular weight is 322 g/mol. The molecule has 0 fully saturated rings. The quantitative estimate of drug-likeness (QED) is 0.707. The van der Waals surface area contributed by atoms with Crippen LogP contribution in [0, 0.1) is 26.6 Å². The number of aromatic nitrogens is 2. The van der Waals surface area contributed by atoms with Crippen LogP contribution < -0.4 is 10.6 Å². The maximum Gasteiger partial charge on any atom is 0.136 e. The summed E-state index contributed by atoms with van der Waals surface area (Å²) in [4.78, 5) is 8.77. The normalized spacial score (nSPS) is 10.5. The first-order chi connectivity index (χ1) is 11.5. The van der Waals surface area contributed by atoms with E-state index in [1.54, 1.807) is 18.2 Å². The molecule has 0 aliphatic heterocycles. The Kier molecular flexibility index (Phi) is 4.42. The van der Waals surface area contributed by atoms with Gasteiger partial charge < -0.3 is 10.6 Å². The van der Waals surface area contributed by atoms with Crippen LogP contribution in [-0.2, 0) is 0 Å². The van der Waals surface area contributed by atoms with Crippen molar-refractivity contribution in [2.45, 2.75) is 20.8 Å². The highest BCUT2D eigenvalue weighted by molar-refractivity contribution is 5.65. The third-order valence-corrected chi connectivity index (χ3v) is 3.58. The summed E-state index contributed by atoms with van der Waals surface area (Å²) in [5.41, 5.74) is 4.00. The molecule has 3 rings (SSSR count). The van der Waals surface area contributed by atoms with E-state index in [2.05, 4.69) is 46.6 Å². The molecular weight excluding hydrogens is 303 g/mol. The Morgan fingerprint density at radius 2 is 1.58 bits per heavy atom. The zero-order valence-corrected chi connectivity index (χ0v) is 13.9. The number of nitrogens with one attached hydrogen (secondary N) is 2. The van der Waals surface area contributed by atoms with Crippen LogP contribution in [0.5, 0.6) is 0 Å². The SMILES string of the molecule is Cc1ccc(Nc2cc(Nc3cccc(F)c3)nc(C)n2)c(C)c1. The Balaban J connectivity index is 1.86.